The van der Waals surface area contributed by atoms with E-state index in [0.717, 1.165) is 5.69 Å². The van der Waals surface area contributed by atoms with Crippen molar-refractivity contribution in [2.24, 2.45) is 0 Å². The Morgan fingerprint density at radius 3 is 2.44 bits per heavy atom. The topological polar surface area (TPSA) is 44.7 Å². The van der Waals surface area contributed by atoms with Gasteiger partial charge in [0.05, 0.1) is 25.4 Å². The summed E-state index contributed by atoms with van der Waals surface area (Å²) >= 11 is 0. The minimum absolute atomic E-state index is 0.0163. The van der Waals surface area contributed by atoms with E-state index in [2.05, 4.69) is 34.5 Å². The average Bonchev–Trinajstić information content (AvgIpc) is 3.03. The summed E-state index contributed by atoms with van der Waals surface area (Å²) in [5.41, 5.74) is 2.34. The van der Waals surface area contributed by atoms with Crippen molar-refractivity contribution in [2.45, 2.75) is 25.0 Å². The Morgan fingerprint density at radius 1 is 1.11 bits per heavy atom. The van der Waals surface area contributed by atoms with E-state index in [-0.39, 0.29) is 6.04 Å². The molecule has 4 heteroatoms. The molecule has 1 aromatic rings. The first-order valence-corrected chi connectivity index (χ1v) is 6.70. The van der Waals surface area contributed by atoms with Crippen LogP contribution in [0.4, 0.5) is 11.4 Å². The fraction of sp³-hybridized carbons (Fsp3) is 0.571. The Hall–Kier alpha value is -1.26. The van der Waals surface area contributed by atoms with Crippen LogP contribution in [-0.2, 0) is 4.74 Å². The Labute approximate surface area is 108 Å². The first-order chi connectivity index (χ1) is 8.83. The number of nitrogens with one attached hydrogen (secondary N) is 1. The number of benzene rings is 1. The third kappa shape index (κ3) is 2.44. The van der Waals surface area contributed by atoms with Crippen molar-refractivity contribution >= 4 is 11.4 Å². The number of rotatable bonds is 3. The maximum Gasteiger partial charge on any atom is 0.0996 e. The number of nitrogens with zero attached hydrogens (tertiary/aromatic N) is 1. The molecule has 2 saturated heterocycles. The van der Waals surface area contributed by atoms with Gasteiger partial charge in [0.1, 0.15) is 0 Å². The zero-order valence-electron chi connectivity index (χ0n) is 10.5. The predicted molar refractivity (Wildman–Crippen MR) is 72.1 cm³/mol. The summed E-state index contributed by atoms with van der Waals surface area (Å²) in [6, 6.07) is 8.48. The van der Waals surface area contributed by atoms with Crippen molar-refractivity contribution in [3.63, 3.8) is 0 Å². The van der Waals surface area contributed by atoms with E-state index in [0.29, 0.717) is 13.2 Å². The molecule has 2 unspecified atom stereocenters. The lowest BCUT2D eigenvalue weighted by molar-refractivity contribution is 0.125. The van der Waals surface area contributed by atoms with Gasteiger partial charge in [-0.05, 0) is 37.1 Å². The van der Waals surface area contributed by atoms with E-state index < -0.39 is 6.10 Å². The highest BCUT2D eigenvalue weighted by Crippen LogP contribution is 2.23. The fourth-order valence-corrected chi connectivity index (χ4v) is 2.64. The largest absolute Gasteiger partial charge is 0.388 e. The zero-order valence-corrected chi connectivity index (χ0v) is 10.5. The minimum atomic E-state index is -0.400. The van der Waals surface area contributed by atoms with Crippen molar-refractivity contribution in [1.82, 2.24) is 0 Å². The molecule has 98 valence electrons. The summed E-state index contributed by atoms with van der Waals surface area (Å²) in [6.45, 7) is 3.35. The van der Waals surface area contributed by atoms with Gasteiger partial charge in [-0.15, -0.1) is 0 Å². The van der Waals surface area contributed by atoms with Gasteiger partial charge in [-0.2, -0.15) is 0 Å². The minimum Gasteiger partial charge on any atom is -0.388 e. The normalized spacial score (nSPS) is 27.7. The fourth-order valence-electron chi connectivity index (χ4n) is 2.64. The van der Waals surface area contributed by atoms with Crippen LogP contribution in [0.1, 0.15) is 12.8 Å². The van der Waals surface area contributed by atoms with Gasteiger partial charge in [-0.3, -0.25) is 0 Å². The number of aliphatic hydroxyl groups is 1. The van der Waals surface area contributed by atoms with Crippen LogP contribution in [0.15, 0.2) is 24.3 Å². The van der Waals surface area contributed by atoms with E-state index >= 15 is 0 Å². The second-order valence-corrected chi connectivity index (χ2v) is 5.10. The summed E-state index contributed by atoms with van der Waals surface area (Å²) in [4.78, 5) is 2.41. The Morgan fingerprint density at radius 2 is 1.83 bits per heavy atom. The third-order valence-electron chi connectivity index (χ3n) is 3.74. The van der Waals surface area contributed by atoms with Gasteiger partial charge < -0.3 is 20.1 Å². The van der Waals surface area contributed by atoms with Gasteiger partial charge >= 0.3 is 0 Å². The molecule has 4 nitrogen and oxygen atoms in total. The molecule has 0 aliphatic carbocycles. The molecular weight excluding hydrogens is 228 g/mol. The number of anilines is 2. The lowest BCUT2D eigenvalue weighted by Crippen LogP contribution is -2.31. The lowest BCUT2D eigenvalue weighted by atomic mass is 10.2. The van der Waals surface area contributed by atoms with Crippen LogP contribution < -0.4 is 10.2 Å². The van der Waals surface area contributed by atoms with Crippen LogP contribution in [0.2, 0.25) is 0 Å². The third-order valence-corrected chi connectivity index (χ3v) is 3.74. The molecule has 0 spiro atoms. The number of hydrogen-bond acceptors (Lipinski definition) is 4. The molecule has 2 atom stereocenters. The predicted octanol–water partition coefficient (Wildman–Crippen LogP) is 1.46. The molecule has 3 rings (SSSR count). The molecule has 18 heavy (non-hydrogen) atoms. The molecule has 0 radical (unpaired) electrons. The van der Waals surface area contributed by atoms with Gasteiger partial charge in [0, 0.05) is 24.5 Å². The van der Waals surface area contributed by atoms with Crippen LogP contribution in [0.25, 0.3) is 0 Å². The first kappa shape index (κ1) is 11.8. The summed E-state index contributed by atoms with van der Waals surface area (Å²) in [5.74, 6) is 0. The van der Waals surface area contributed by atoms with Gasteiger partial charge in [-0.25, -0.2) is 0 Å². The molecular formula is C14H20N2O2. The molecule has 1 aromatic carbocycles. The molecule has 0 amide bonds. The van der Waals surface area contributed by atoms with Crippen molar-refractivity contribution in [3.05, 3.63) is 24.3 Å². The zero-order chi connectivity index (χ0) is 12.4. The highest BCUT2D eigenvalue weighted by Gasteiger charge is 2.25. The van der Waals surface area contributed by atoms with Gasteiger partial charge in [0.25, 0.3) is 0 Å². The maximum atomic E-state index is 9.68. The molecule has 0 bridgehead atoms. The molecule has 0 saturated carbocycles. The van der Waals surface area contributed by atoms with Crippen LogP contribution in [0, 0.1) is 0 Å². The average molecular weight is 248 g/mol. The Balaban J connectivity index is 1.63. The SMILES string of the molecule is OC1COCC1Nc1ccc(N2CCCC2)cc1. The molecule has 2 aliphatic rings. The van der Waals surface area contributed by atoms with Crippen molar-refractivity contribution in [3.8, 4) is 0 Å². The second kappa shape index (κ2) is 5.16. The van der Waals surface area contributed by atoms with E-state index in [1.165, 1.54) is 31.6 Å². The number of hydrogen-bond donors (Lipinski definition) is 2. The van der Waals surface area contributed by atoms with Crippen LogP contribution in [0.3, 0.4) is 0 Å². The van der Waals surface area contributed by atoms with Crippen LogP contribution in [0.5, 0.6) is 0 Å². The second-order valence-electron chi connectivity index (χ2n) is 5.10. The Kier molecular flexibility index (Phi) is 3.39. The summed E-state index contributed by atoms with van der Waals surface area (Å²) in [5, 5.41) is 13.0. The van der Waals surface area contributed by atoms with E-state index in [9.17, 15) is 5.11 Å². The van der Waals surface area contributed by atoms with Crippen molar-refractivity contribution < 1.29 is 9.84 Å². The summed E-state index contributed by atoms with van der Waals surface area (Å²) in [6.07, 6.45) is 2.19. The monoisotopic (exact) mass is 248 g/mol. The van der Waals surface area contributed by atoms with Crippen LogP contribution >= 0.6 is 0 Å². The molecule has 0 aromatic heterocycles. The van der Waals surface area contributed by atoms with Crippen molar-refractivity contribution in [1.29, 1.82) is 0 Å². The maximum absolute atomic E-state index is 9.68. The van der Waals surface area contributed by atoms with Crippen molar-refractivity contribution in [2.75, 3.05) is 36.5 Å². The smallest absolute Gasteiger partial charge is 0.0996 e. The van der Waals surface area contributed by atoms with Gasteiger partial charge in [0.2, 0.25) is 0 Å². The van der Waals surface area contributed by atoms with Crippen LogP contribution in [-0.4, -0.2) is 43.6 Å². The lowest BCUT2D eigenvalue weighted by Gasteiger charge is -2.19. The quantitative estimate of drug-likeness (QED) is 0.850. The van der Waals surface area contributed by atoms with E-state index in [1.54, 1.807) is 0 Å². The molecule has 2 fully saturated rings. The number of ether oxygens (including phenoxy) is 1. The van der Waals surface area contributed by atoms with Gasteiger partial charge in [-0.1, -0.05) is 0 Å². The number of aliphatic hydroxyl groups excluding tert-OH is 1. The first-order valence-electron chi connectivity index (χ1n) is 6.70. The molecule has 2 heterocycles. The van der Waals surface area contributed by atoms with E-state index in [1.807, 2.05) is 0 Å². The molecule has 2 aliphatic heterocycles. The molecule has 2 N–H and O–H groups in total. The van der Waals surface area contributed by atoms with E-state index in [4.69, 9.17) is 4.74 Å². The Bertz CT molecular complexity index is 387. The summed E-state index contributed by atoms with van der Waals surface area (Å²) < 4.78 is 5.23. The summed E-state index contributed by atoms with van der Waals surface area (Å²) in [7, 11) is 0. The highest BCUT2D eigenvalue weighted by molar-refractivity contribution is 5.56. The highest BCUT2D eigenvalue weighted by atomic mass is 16.5. The standard InChI is InChI=1S/C14H20N2O2/c17-14-10-18-9-13(14)15-11-3-5-12(6-4-11)16-7-1-2-8-16/h3-6,13-15,17H,1-2,7-10H2. The van der Waals surface area contributed by atoms with Gasteiger partial charge in [0.15, 0.2) is 0 Å².